The number of hydrogen-bond donors (Lipinski definition) is 2. The van der Waals surface area contributed by atoms with Crippen LogP contribution in [0.3, 0.4) is 0 Å². The molecule has 78 valence electrons. The number of carbonyl (C=O) groups excluding carboxylic acids is 1. The average Bonchev–Trinajstić information content (AvgIpc) is 2.45. The Morgan fingerprint density at radius 2 is 2.21 bits per heavy atom. The molecule has 0 atom stereocenters. The fourth-order valence-electron chi connectivity index (χ4n) is 1.26. The molecule has 4 heteroatoms. The lowest BCUT2D eigenvalue weighted by Crippen LogP contribution is -2.30. The highest BCUT2D eigenvalue weighted by atomic mass is 16.3. The maximum Gasteiger partial charge on any atom is 0.233 e. The number of carbonyl (C=O) groups is 1. The van der Waals surface area contributed by atoms with Gasteiger partial charge in [0.2, 0.25) is 5.91 Å². The van der Waals surface area contributed by atoms with E-state index in [0.717, 1.165) is 17.1 Å². The number of likely N-dealkylation sites (N-methyl/N-ethyl adjacent to an activating group) is 1. The zero-order chi connectivity index (χ0) is 10.6. The normalized spacial score (nSPS) is 10.2. The summed E-state index contributed by atoms with van der Waals surface area (Å²) in [4.78, 5) is 10.9. The third kappa shape index (κ3) is 2.88. The molecule has 4 nitrogen and oxygen atoms in total. The molecule has 1 heterocycles. The van der Waals surface area contributed by atoms with E-state index in [-0.39, 0.29) is 5.91 Å². The van der Waals surface area contributed by atoms with E-state index in [1.54, 1.807) is 7.05 Å². The van der Waals surface area contributed by atoms with Crippen LogP contribution in [0.2, 0.25) is 0 Å². The molecular formula is C10H16N2O2. The van der Waals surface area contributed by atoms with Gasteiger partial charge in [-0.05, 0) is 19.9 Å². The van der Waals surface area contributed by atoms with Gasteiger partial charge in [-0.2, -0.15) is 0 Å². The summed E-state index contributed by atoms with van der Waals surface area (Å²) in [5.41, 5.74) is 1.10. The highest BCUT2D eigenvalue weighted by Crippen LogP contribution is 2.12. The van der Waals surface area contributed by atoms with Gasteiger partial charge in [0.25, 0.3) is 0 Å². The molecule has 0 aliphatic carbocycles. The molecule has 0 radical (unpaired) electrons. The topological polar surface area (TPSA) is 54.3 Å². The molecule has 0 aromatic carbocycles. The van der Waals surface area contributed by atoms with Crippen molar-refractivity contribution in [3.63, 3.8) is 0 Å². The fourth-order valence-corrected chi connectivity index (χ4v) is 1.26. The molecule has 2 N–H and O–H groups in total. The minimum Gasteiger partial charge on any atom is -0.466 e. The summed E-state index contributed by atoms with van der Waals surface area (Å²) in [6, 6.07) is 1.98. The molecule has 0 fully saturated rings. The summed E-state index contributed by atoms with van der Waals surface area (Å²) in [6.45, 7) is 4.83. The van der Waals surface area contributed by atoms with E-state index < -0.39 is 0 Å². The van der Waals surface area contributed by atoms with Crippen LogP contribution in [-0.2, 0) is 11.3 Å². The number of aryl methyl sites for hydroxylation is 2. The number of rotatable bonds is 4. The van der Waals surface area contributed by atoms with E-state index in [1.807, 2.05) is 19.9 Å². The van der Waals surface area contributed by atoms with Crippen molar-refractivity contribution in [3.05, 3.63) is 23.2 Å². The van der Waals surface area contributed by atoms with Crippen LogP contribution >= 0.6 is 0 Å². The van der Waals surface area contributed by atoms with Gasteiger partial charge in [-0.15, -0.1) is 0 Å². The maximum atomic E-state index is 10.9. The van der Waals surface area contributed by atoms with Gasteiger partial charge in [0.05, 0.1) is 6.54 Å². The molecule has 1 aromatic rings. The predicted octanol–water partition coefficient (Wildman–Crippen LogP) is 0.732. The Bertz CT molecular complexity index is 318. The Hall–Kier alpha value is -1.29. The van der Waals surface area contributed by atoms with Crippen molar-refractivity contribution in [1.82, 2.24) is 10.6 Å². The standard InChI is InChI=1S/C10H16N2O2/c1-7-4-9(8(2)14-7)5-12-6-10(13)11-3/h4,12H,5-6H2,1-3H3,(H,11,13). The van der Waals surface area contributed by atoms with E-state index in [2.05, 4.69) is 10.6 Å². The maximum absolute atomic E-state index is 10.9. The smallest absolute Gasteiger partial charge is 0.233 e. The molecule has 0 saturated heterocycles. The van der Waals surface area contributed by atoms with E-state index in [0.29, 0.717) is 13.1 Å². The Morgan fingerprint density at radius 3 is 2.71 bits per heavy atom. The second kappa shape index (κ2) is 4.81. The lowest BCUT2D eigenvalue weighted by Gasteiger charge is -2.01. The monoisotopic (exact) mass is 196 g/mol. The van der Waals surface area contributed by atoms with Crippen molar-refractivity contribution < 1.29 is 9.21 Å². The zero-order valence-corrected chi connectivity index (χ0v) is 8.81. The number of furan rings is 1. The van der Waals surface area contributed by atoms with Crippen LogP contribution in [0.4, 0.5) is 0 Å². The summed E-state index contributed by atoms with van der Waals surface area (Å²) < 4.78 is 5.36. The first-order valence-electron chi connectivity index (χ1n) is 4.60. The van der Waals surface area contributed by atoms with Crippen molar-refractivity contribution in [2.75, 3.05) is 13.6 Å². The van der Waals surface area contributed by atoms with Gasteiger partial charge >= 0.3 is 0 Å². The number of hydrogen-bond acceptors (Lipinski definition) is 3. The van der Waals surface area contributed by atoms with Crippen LogP contribution in [0.15, 0.2) is 10.5 Å². The third-order valence-corrected chi connectivity index (χ3v) is 2.02. The Morgan fingerprint density at radius 1 is 1.50 bits per heavy atom. The van der Waals surface area contributed by atoms with Crippen LogP contribution < -0.4 is 10.6 Å². The van der Waals surface area contributed by atoms with E-state index in [4.69, 9.17) is 4.42 Å². The molecular weight excluding hydrogens is 180 g/mol. The molecule has 14 heavy (non-hydrogen) atoms. The van der Waals surface area contributed by atoms with Crippen LogP contribution in [0, 0.1) is 13.8 Å². The minimum absolute atomic E-state index is 0.0112. The van der Waals surface area contributed by atoms with Gasteiger partial charge in [-0.1, -0.05) is 0 Å². The lowest BCUT2D eigenvalue weighted by atomic mass is 10.2. The average molecular weight is 196 g/mol. The van der Waals surface area contributed by atoms with Crippen molar-refractivity contribution in [1.29, 1.82) is 0 Å². The van der Waals surface area contributed by atoms with Gasteiger partial charge < -0.3 is 15.1 Å². The van der Waals surface area contributed by atoms with E-state index >= 15 is 0 Å². The Labute approximate surface area is 83.7 Å². The first-order chi connectivity index (χ1) is 6.63. The molecule has 1 rings (SSSR count). The van der Waals surface area contributed by atoms with E-state index in [1.165, 1.54) is 0 Å². The number of nitrogens with one attached hydrogen (secondary N) is 2. The van der Waals surface area contributed by atoms with Crippen LogP contribution in [0.25, 0.3) is 0 Å². The van der Waals surface area contributed by atoms with Gasteiger partial charge in [-0.25, -0.2) is 0 Å². The number of amides is 1. The SMILES string of the molecule is CNC(=O)CNCc1cc(C)oc1C. The highest BCUT2D eigenvalue weighted by Gasteiger charge is 2.04. The quantitative estimate of drug-likeness (QED) is 0.746. The van der Waals surface area contributed by atoms with Crippen molar-refractivity contribution in [2.24, 2.45) is 0 Å². The first-order valence-corrected chi connectivity index (χ1v) is 4.60. The van der Waals surface area contributed by atoms with Gasteiger partial charge in [0, 0.05) is 19.2 Å². The van der Waals surface area contributed by atoms with Crippen molar-refractivity contribution in [2.45, 2.75) is 20.4 Å². The third-order valence-electron chi connectivity index (χ3n) is 2.02. The summed E-state index contributed by atoms with van der Waals surface area (Å²) in [7, 11) is 1.62. The summed E-state index contributed by atoms with van der Waals surface area (Å²) in [6.07, 6.45) is 0. The van der Waals surface area contributed by atoms with Crippen LogP contribution in [0.1, 0.15) is 17.1 Å². The molecule has 0 aliphatic heterocycles. The Kier molecular flexibility index (Phi) is 3.71. The molecule has 0 unspecified atom stereocenters. The predicted molar refractivity (Wildman–Crippen MR) is 54.0 cm³/mol. The molecule has 0 spiro atoms. The minimum atomic E-state index is -0.0112. The highest BCUT2D eigenvalue weighted by molar-refractivity contribution is 5.77. The largest absolute Gasteiger partial charge is 0.466 e. The summed E-state index contributed by atoms with van der Waals surface area (Å²) in [5, 5.41) is 5.58. The fraction of sp³-hybridized carbons (Fsp3) is 0.500. The van der Waals surface area contributed by atoms with E-state index in [9.17, 15) is 4.79 Å². The van der Waals surface area contributed by atoms with Crippen LogP contribution in [-0.4, -0.2) is 19.5 Å². The summed E-state index contributed by atoms with van der Waals surface area (Å²) >= 11 is 0. The van der Waals surface area contributed by atoms with Crippen molar-refractivity contribution >= 4 is 5.91 Å². The second-order valence-electron chi connectivity index (χ2n) is 3.22. The van der Waals surface area contributed by atoms with Gasteiger partial charge in [-0.3, -0.25) is 4.79 Å². The van der Waals surface area contributed by atoms with Gasteiger partial charge in [0.1, 0.15) is 11.5 Å². The van der Waals surface area contributed by atoms with Gasteiger partial charge in [0.15, 0.2) is 0 Å². The molecule has 0 saturated carbocycles. The molecule has 1 aromatic heterocycles. The van der Waals surface area contributed by atoms with Crippen LogP contribution in [0.5, 0.6) is 0 Å². The summed E-state index contributed by atoms with van der Waals surface area (Å²) in [5.74, 6) is 1.80. The van der Waals surface area contributed by atoms with Crippen molar-refractivity contribution in [3.8, 4) is 0 Å². The zero-order valence-electron chi connectivity index (χ0n) is 8.81. The molecule has 0 bridgehead atoms. The lowest BCUT2D eigenvalue weighted by molar-refractivity contribution is -0.119. The first kappa shape index (κ1) is 10.8. The Balaban J connectivity index is 2.38. The second-order valence-corrected chi connectivity index (χ2v) is 3.22. The molecule has 1 amide bonds. The molecule has 0 aliphatic rings.